The molecule has 33 heavy (non-hydrogen) atoms. The lowest BCUT2D eigenvalue weighted by Gasteiger charge is -2.24. The summed E-state index contributed by atoms with van der Waals surface area (Å²) in [5.41, 5.74) is 14.4. The first kappa shape index (κ1) is 23.1. The van der Waals surface area contributed by atoms with Gasteiger partial charge in [0, 0.05) is 5.56 Å². The number of benzene rings is 2. The Morgan fingerprint density at radius 2 is 1.76 bits per heavy atom. The summed E-state index contributed by atoms with van der Waals surface area (Å²) >= 11 is 0. The van der Waals surface area contributed by atoms with Crippen LogP contribution in [0, 0.1) is 5.92 Å². The molecule has 1 saturated carbocycles. The third kappa shape index (κ3) is 5.45. The minimum atomic E-state index is -4.04. The van der Waals surface area contributed by atoms with E-state index in [1.54, 1.807) is 0 Å². The number of guanidine groups is 1. The van der Waals surface area contributed by atoms with E-state index in [1.165, 1.54) is 19.3 Å². The maximum absolute atomic E-state index is 12.9. The third-order valence-electron chi connectivity index (χ3n) is 6.14. The predicted octanol–water partition coefficient (Wildman–Crippen LogP) is 3.07. The SMILES string of the molecule is NC(N)=NCc1ccc(-c2ccc(CC3CCCCC3)c(S(N)(=O)=O)c2C2=NCN=N2)cc1. The molecule has 1 heterocycles. The van der Waals surface area contributed by atoms with Gasteiger partial charge in [0.1, 0.15) is 0 Å². The molecule has 0 bridgehead atoms. The molecule has 1 aliphatic heterocycles. The largest absolute Gasteiger partial charge is 0.370 e. The summed E-state index contributed by atoms with van der Waals surface area (Å²) in [5.74, 6) is 0.765. The number of aliphatic imine (C=N–C) groups is 2. The number of nitrogens with two attached hydrogens (primary N) is 3. The molecule has 4 rings (SSSR count). The molecule has 10 heteroatoms. The van der Waals surface area contributed by atoms with Crippen molar-refractivity contribution in [3.8, 4) is 11.1 Å². The molecule has 0 spiro atoms. The van der Waals surface area contributed by atoms with Gasteiger partial charge in [0.2, 0.25) is 10.0 Å². The summed E-state index contributed by atoms with van der Waals surface area (Å²) < 4.78 is 25.7. The van der Waals surface area contributed by atoms with Crippen molar-refractivity contribution in [2.75, 3.05) is 6.67 Å². The number of rotatable bonds is 7. The monoisotopic (exact) mass is 467 g/mol. The van der Waals surface area contributed by atoms with Crippen molar-refractivity contribution in [1.29, 1.82) is 0 Å². The Morgan fingerprint density at radius 3 is 2.36 bits per heavy atom. The van der Waals surface area contributed by atoms with Crippen LogP contribution in [0.25, 0.3) is 11.1 Å². The van der Waals surface area contributed by atoms with Crippen molar-refractivity contribution in [3.05, 3.63) is 53.1 Å². The molecule has 1 aliphatic carbocycles. The van der Waals surface area contributed by atoms with Crippen LogP contribution < -0.4 is 16.6 Å². The number of azo groups is 1. The van der Waals surface area contributed by atoms with Gasteiger partial charge in [-0.25, -0.2) is 23.5 Å². The Labute approximate surface area is 194 Å². The van der Waals surface area contributed by atoms with E-state index in [0.29, 0.717) is 35.8 Å². The Balaban J connectivity index is 1.82. The molecule has 2 aromatic rings. The highest BCUT2D eigenvalue weighted by Crippen LogP contribution is 2.36. The number of hydrogen-bond donors (Lipinski definition) is 3. The molecular weight excluding hydrogens is 438 g/mol. The maximum atomic E-state index is 12.9. The van der Waals surface area contributed by atoms with Crippen LogP contribution in [0.5, 0.6) is 0 Å². The van der Waals surface area contributed by atoms with Gasteiger partial charge in [-0.05, 0) is 34.6 Å². The van der Waals surface area contributed by atoms with E-state index in [4.69, 9.17) is 16.6 Å². The van der Waals surface area contributed by atoms with Gasteiger partial charge in [-0.3, -0.25) is 0 Å². The van der Waals surface area contributed by atoms with E-state index < -0.39 is 10.0 Å². The van der Waals surface area contributed by atoms with Crippen molar-refractivity contribution in [2.45, 2.75) is 50.0 Å². The van der Waals surface area contributed by atoms with Crippen LogP contribution in [-0.4, -0.2) is 26.9 Å². The smallest absolute Gasteiger partial charge is 0.239 e. The molecule has 2 aromatic carbocycles. The molecule has 0 saturated heterocycles. The first-order valence-electron chi connectivity index (χ1n) is 11.1. The summed E-state index contributed by atoms with van der Waals surface area (Å²) in [6, 6.07) is 11.4. The fourth-order valence-electron chi connectivity index (χ4n) is 4.61. The zero-order valence-corrected chi connectivity index (χ0v) is 19.3. The van der Waals surface area contributed by atoms with Gasteiger partial charge < -0.3 is 11.5 Å². The van der Waals surface area contributed by atoms with E-state index in [2.05, 4.69) is 20.2 Å². The van der Waals surface area contributed by atoms with Crippen LogP contribution in [0.1, 0.15) is 48.8 Å². The summed E-state index contributed by atoms with van der Waals surface area (Å²) in [6.07, 6.45) is 6.44. The van der Waals surface area contributed by atoms with Crippen LogP contribution >= 0.6 is 0 Å². The molecule has 0 amide bonds. The molecule has 0 radical (unpaired) electrons. The first-order chi connectivity index (χ1) is 15.8. The molecule has 174 valence electrons. The lowest BCUT2D eigenvalue weighted by molar-refractivity contribution is 0.355. The maximum Gasteiger partial charge on any atom is 0.239 e. The number of amidine groups is 1. The normalized spacial score (nSPS) is 16.6. The molecule has 0 atom stereocenters. The number of nitrogens with zero attached hydrogens (tertiary/aromatic N) is 4. The average Bonchev–Trinajstić information content (AvgIpc) is 3.32. The molecule has 0 aromatic heterocycles. The number of hydrogen-bond acceptors (Lipinski definition) is 6. The van der Waals surface area contributed by atoms with E-state index in [1.807, 2.05) is 36.4 Å². The van der Waals surface area contributed by atoms with Crippen molar-refractivity contribution >= 4 is 21.8 Å². The Hall–Kier alpha value is -3.11. The van der Waals surface area contributed by atoms with Gasteiger partial charge in [0.25, 0.3) is 0 Å². The predicted molar refractivity (Wildman–Crippen MR) is 129 cm³/mol. The highest BCUT2D eigenvalue weighted by Gasteiger charge is 2.28. The summed E-state index contributed by atoms with van der Waals surface area (Å²) in [7, 11) is -4.04. The molecular formula is C23H29N7O2S. The summed E-state index contributed by atoms with van der Waals surface area (Å²) in [4.78, 5) is 8.47. The Morgan fingerprint density at radius 1 is 1.03 bits per heavy atom. The minimum absolute atomic E-state index is 0.0253. The molecule has 0 unspecified atom stereocenters. The second-order valence-electron chi connectivity index (χ2n) is 8.53. The van der Waals surface area contributed by atoms with Gasteiger partial charge in [-0.1, -0.05) is 68.5 Å². The van der Waals surface area contributed by atoms with Crippen molar-refractivity contribution in [2.24, 2.45) is 42.7 Å². The van der Waals surface area contributed by atoms with Gasteiger partial charge >= 0.3 is 0 Å². The lowest BCUT2D eigenvalue weighted by Crippen LogP contribution is -2.22. The van der Waals surface area contributed by atoms with Gasteiger partial charge in [0.05, 0.1) is 11.4 Å². The van der Waals surface area contributed by atoms with Crippen LogP contribution in [0.4, 0.5) is 0 Å². The summed E-state index contributed by atoms with van der Waals surface area (Å²) in [6.45, 7) is 0.530. The fraction of sp³-hybridized carbons (Fsp3) is 0.391. The van der Waals surface area contributed by atoms with E-state index in [0.717, 1.165) is 29.5 Å². The van der Waals surface area contributed by atoms with Gasteiger partial charge in [0.15, 0.2) is 18.5 Å². The van der Waals surface area contributed by atoms with Crippen LogP contribution in [0.2, 0.25) is 0 Å². The number of primary sulfonamides is 1. The van der Waals surface area contributed by atoms with Crippen LogP contribution in [0.3, 0.4) is 0 Å². The minimum Gasteiger partial charge on any atom is -0.370 e. The van der Waals surface area contributed by atoms with Crippen LogP contribution in [-0.2, 0) is 23.0 Å². The van der Waals surface area contributed by atoms with E-state index in [9.17, 15) is 8.42 Å². The van der Waals surface area contributed by atoms with Gasteiger partial charge in [-0.15, -0.1) is 5.11 Å². The topological polar surface area (TPSA) is 162 Å². The third-order valence-corrected chi connectivity index (χ3v) is 7.17. The molecule has 2 aliphatic rings. The van der Waals surface area contributed by atoms with Crippen molar-refractivity contribution < 1.29 is 8.42 Å². The second kappa shape index (κ2) is 9.80. The van der Waals surface area contributed by atoms with Crippen LogP contribution in [0.15, 0.2) is 61.5 Å². The van der Waals surface area contributed by atoms with Gasteiger partial charge in [-0.2, -0.15) is 5.11 Å². The van der Waals surface area contributed by atoms with Crippen molar-refractivity contribution in [3.63, 3.8) is 0 Å². The second-order valence-corrected chi connectivity index (χ2v) is 10.0. The summed E-state index contributed by atoms with van der Waals surface area (Å²) in [5, 5.41) is 13.9. The Kier molecular flexibility index (Phi) is 6.85. The van der Waals surface area contributed by atoms with E-state index >= 15 is 0 Å². The Bertz CT molecular complexity index is 1210. The van der Waals surface area contributed by atoms with E-state index in [-0.39, 0.29) is 17.5 Å². The van der Waals surface area contributed by atoms with Crippen molar-refractivity contribution in [1.82, 2.24) is 0 Å². The quantitative estimate of drug-likeness (QED) is 0.421. The lowest BCUT2D eigenvalue weighted by atomic mass is 9.84. The number of sulfonamides is 1. The zero-order chi connectivity index (χ0) is 23.4. The first-order valence-corrected chi connectivity index (χ1v) is 12.6. The molecule has 1 fully saturated rings. The fourth-order valence-corrected chi connectivity index (χ4v) is 5.61. The molecule has 9 nitrogen and oxygen atoms in total. The zero-order valence-electron chi connectivity index (χ0n) is 18.4. The molecule has 6 N–H and O–H groups in total. The highest BCUT2D eigenvalue weighted by molar-refractivity contribution is 7.89. The highest BCUT2D eigenvalue weighted by atomic mass is 32.2. The average molecular weight is 468 g/mol. The standard InChI is InChI=1S/C23H29N7O2S/c24-23(25)27-13-16-6-8-17(9-7-16)19-11-10-18(12-15-4-2-1-3-5-15)21(33(26,31)32)20(19)22-28-14-29-30-22/h6-11,15H,1-5,12-14H2,(H4,24,25,27)(H2,26,31,32).